The van der Waals surface area contributed by atoms with Crippen LogP contribution in [0.2, 0.25) is 0 Å². The minimum atomic E-state index is -0.698. The van der Waals surface area contributed by atoms with Crippen molar-refractivity contribution in [2.45, 2.75) is 18.9 Å². The van der Waals surface area contributed by atoms with E-state index < -0.39 is 17.9 Å². The Hall–Kier alpha value is -3.73. The Balaban J connectivity index is 1.87. The van der Waals surface area contributed by atoms with E-state index in [0.717, 1.165) is 11.3 Å². The Labute approximate surface area is 175 Å². The largest absolute Gasteiger partial charge is 0.461 e. The van der Waals surface area contributed by atoms with Gasteiger partial charge in [-0.1, -0.05) is 78.9 Å². The van der Waals surface area contributed by atoms with Crippen molar-refractivity contribution in [3.8, 4) is 0 Å². The summed E-state index contributed by atoms with van der Waals surface area (Å²) < 4.78 is 5.29. The van der Waals surface area contributed by atoms with E-state index in [0.29, 0.717) is 5.56 Å². The Bertz CT molecular complexity index is 1050. The molecule has 1 aliphatic rings. The molecule has 2 atom stereocenters. The van der Waals surface area contributed by atoms with E-state index in [-0.39, 0.29) is 18.1 Å². The van der Waals surface area contributed by atoms with Crippen molar-refractivity contribution in [2.24, 2.45) is 5.10 Å². The maximum Gasteiger partial charge on any atom is 0.355 e. The molecule has 3 aromatic carbocycles. The topological polar surface area (TPSA) is 59.0 Å². The van der Waals surface area contributed by atoms with Crippen LogP contribution in [0.15, 0.2) is 96.1 Å². The SMILES string of the molecule is CCOC(=O)C1=NN(c2ccccc2)[C@@H](C(=O)c2ccccc2)[C@@H]1c1ccccc1. The van der Waals surface area contributed by atoms with Crippen molar-refractivity contribution in [1.29, 1.82) is 0 Å². The van der Waals surface area contributed by atoms with Gasteiger partial charge in [-0.05, 0) is 24.6 Å². The van der Waals surface area contributed by atoms with E-state index in [1.807, 2.05) is 78.9 Å². The van der Waals surface area contributed by atoms with Gasteiger partial charge >= 0.3 is 5.97 Å². The van der Waals surface area contributed by atoms with Gasteiger partial charge in [0.2, 0.25) is 0 Å². The number of nitrogens with zero attached hydrogens (tertiary/aromatic N) is 2. The molecule has 0 fully saturated rings. The van der Waals surface area contributed by atoms with Gasteiger partial charge in [-0.2, -0.15) is 5.10 Å². The summed E-state index contributed by atoms with van der Waals surface area (Å²) in [7, 11) is 0. The highest BCUT2D eigenvalue weighted by Crippen LogP contribution is 2.37. The third-order valence-electron chi connectivity index (χ3n) is 5.08. The van der Waals surface area contributed by atoms with Crippen molar-refractivity contribution >= 4 is 23.2 Å². The maximum atomic E-state index is 13.7. The smallest absolute Gasteiger partial charge is 0.355 e. The van der Waals surface area contributed by atoms with Gasteiger partial charge in [0.15, 0.2) is 11.5 Å². The molecule has 150 valence electrons. The van der Waals surface area contributed by atoms with Crippen molar-refractivity contribution in [2.75, 3.05) is 11.6 Å². The van der Waals surface area contributed by atoms with Crippen LogP contribution in [0, 0.1) is 0 Å². The van der Waals surface area contributed by atoms with Gasteiger partial charge in [-0.25, -0.2) is 4.79 Å². The molecule has 3 aromatic rings. The average molecular weight is 398 g/mol. The van der Waals surface area contributed by atoms with Crippen LogP contribution in [0.25, 0.3) is 0 Å². The summed E-state index contributed by atoms with van der Waals surface area (Å²) in [5.41, 5.74) is 2.40. The molecular weight excluding hydrogens is 376 g/mol. The Morgan fingerprint density at radius 2 is 1.43 bits per heavy atom. The van der Waals surface area contributed by atoms with Gasteiger partial charge < -0.3 is 4.74 Å². The minimum absolute atomic E-state index is 0.101. The normalized spacial score (nSPS) is 18.0. The van der Waals surface area contributed by atoms with Crippen molar-refractivity contribution in [3.05, 3.63) is 102 Å². The van der Waals surface area contributed by atoms with Crippen LogP contribution < -0.4 is 5.01 Å². The molecule has 5 heteroatoms. The zero-order valence-corrected chi connectivity index (χ0v) is 16.6. The number of ether oxygens (including phenoxy) is 1. The first-order valence-electron chi connectivity index (χ1n) is 9.94. The van der Waals surface area contributed by atoms with Crippen LogP contribution in [-0.2, 0) is 9.53 Å². The molecule has 0 unspecified atom stereocenters. The van der Waals surface area contributed by atoms with Crippen molar-refractivity contribution in [1.82, 2.24) is 0 Å². The lowest BCUT2D eigenvalue weighted by molar-refractivity contribution is -0.135. The van der Waals surface area contributed by atoms with Crippen LogP contribution in [0.1, 0.15) is 28.8 Å². The molecular formula is C25H22N2O3. The molecule has 0 saturated carbocycles. The molecule has 30 heavy (non-hydrogen) atoms. The summed E-state index contributed by atoms with van der Waals surface area (Å²) in [6, 6.07) is 27.4. The highest BCUT2D eigenvalue weighted by Gasteiger charge is 2.46. The number of carbonyl (C=O) groups is 2. The van der Waals surface area contributed by atoms with Gasteiger partial charge in [0, 0.05) is 5.56 Å². The zero-order valence-electron chi connectivity index (χ0n) is 16.6. The summed E-state index contributed by atoms with van der Waals surface area (Å²) >= 11 is 0. The molecule has 4 rings (SSSR count). The summed E-state index contributed by atoms with van der Waals surface area (Å²) in [5.74, 6) is -1.15. The molecule has 0 aromatic heterocycles. The van der Waals surface area contributed by atoms with Crippen LogP contribution in [0.5, 0.6) is 0 Å². The fraction of sp³-hybridized carbons (Fsp3) is 0.160. The summed E-state index contributed by atoms with van der Waals surface area (Å²) in [5, 5.41) is 6.27. The highest BCUT2D eigenvalue weighted by molar-refractivity contribution is 6.41. The first-order chi connectivity index (χ1) is 14.7. The standard InChI is InChI=1S/C25H22N2O3/c1-2-30-25(29)22-21(18-12-6-3-7-13-18)23(24(28)19-14-8-4-9-15-19)27(26-22)20-16-10-5-11-17-20/h3-17,21,23H,2H2,1H3/t21-,23-/m1/s1. The van der Waals surface area contributed by atoms with E-state index in [2.05, 4.69) is 5.10 Å². The number of hydrogen-bond acceptors (Lipinski definition) is 5. The summed E-state index contributed by atoms with van der Waals surface area (Å²) in [6.07, 6.45) is 0. The van der Waals surface area contributed by atoms with Crippen LogP contribution in [0.4, 0.5) is 5.69 Å². The summed E-state index contributed by atoms with van der Waals surface area (Å²) in [6.45, 7) is 1.99. The van der Waals surface area contributed by atoms with Crippen LogP contribution >= 0.6 is 0 Å². The number of hydrazone groups is 1. The second kappa shape index (κ2) is 8.74. The molecule has 0 bridgehead atoms. The minimum Gasteiger partial charge on any atom is -0.461 e. The number of anilines is 1. The van der Waals surface area contributed by atoms with Crippen LogP contribution in [0.3, 0.4) is 0 Å². The van der Waals surface area contributed by atoms with Gasteiger partial charge in [0.25, 0.3) is 0 Å². The number of ketones is 1. The maximum absolute atomic E-state index is 13.7. The van der Waals surface area contributed by atoms with E-state index in [1.165, 1.54) is 0 Å². The monoisotopic (exact) mass is 398 g/mol. The lowest BCUT2D eigenvalue weighted by atomic mass is 9.84. The molecule has 1 heterocycles. The molecule has 0 saturated heterocycles. The van der Waals surface area contributed by atoms with Gasteiger partial charge in [-0.3, -0.25) is 9.80 Å². The summed E-state index contributed by atoms with van der Waals surface area (Å²) in [4.78, 5) is 26.5. The first-order valence-corrected chi connectivity index (χ1v) is 9.94. The molecule has 0 N–H and O–H groups in total. The number of rotatable bonds is 6. The number of benzene rings is 3. The van der Waals surface area contributed by atoms with E-state index >= 15 is 0 Å². The van der Waals surface area contributed by atoms with E-state index in [9.17, 15) is 9.59 Å². The predicted octanol–water partition coefficient (Wildman–Crippen LogP) is 4.46. The Morgan fingerprint density at radius 1 is 0.867 bits per heavy atom. The zero-order chi connectivity index (χ0) is 20.9. The van der Waals surface area contributed by atoms with E-state index in [1.54, 1.807) is 24.1 Å². The second-order valence-corrected chi connectivity index (χ2v) is 6.95. The molecule has 0 amide bonds. The first kappa shape index (κ1) is 19.6. The van der Waals surface area contributed by atoms with Gasteiger partial charge in [0.1, 0.15) is 6.04 Å². The van der Waals surface area contributed by atoms with Crippen LogP contribution in [-0.4, -0.2) is 30.1 Å². The number of esters is 1. The predicted molar refractivity (Wildman–Crippen MR) is 117 cm³/mol. The van der Waals surface area contributed by atoms with Crippen molar-refractivity contribution < 1.29 is 14.3 Å². The average Bonchev–Trinajstić information content (AvgIpc) is 3.21. The van der Waals surface area contributed by atoms with Crippen molar-refractivity contribution in [3.63, 3.8) is 0 Å². The molecule has 5 nitrogen and oxygen atoms in total. The third kappa shape index (κ3) is 3.74. The lowest BCUT2D eigenvalue weighted by Crippen LogP contribution is -2.40. The lowest BCUT2D eigenvalue weighted by Gasteiger charge is -2.27. The molecule has 0 radical (unpaired) electrons. The number of para-hydroxylation sites is 1. The molecule has 0 spiro atoms. The van der Waals surface area contributed by atoms with Gasteiger partial charge in [-0.15, -0.1) is 0 Å². The van der Waals surface area contributed by atoms with E-state index in [4.69, 9.17) is 4.74 Å². The molecule has 1 aliphatic heterocycles. The second-order valence-electron chi connectivity index (χ2n) is 6.95. The Morgan fingerprint density at radius 3 is 2.03 bits per heavy atom. The fourth-order valence-corrected chi connectivity index (χ4v) is 3.74. The fourth-order valence-electron chi connectivity index (χ4n) is 3.74. The molecule has 0 aliphatic carbocycles. The van der Waals surface area contributed by atoms with Gasteiger partial charge in [0.05, 0.1) is 18.2 Å². The number of hydrogen-bond donors (Lipinski definition) is 0. The quantitative estimate of drug-likeness (QED) is 0.454. The third-order valence-corrected chi connectivity index (χ3v) is 5.08. The number of Topliss-reactive ketones (excluding diaryl/α,β-unsaturated/α-hetero) is 1. The highest BCUT2D eigenvalue weighted by atomic mass is 16.5. The Kier molecular flexibility index (Phi) is 5.70. The number of carbonyl (C=O) groups excluding carboxylic acids is 2.